The first kappa shape index (κ1) is 12.9. The van der Waals surface area contributed by atoms with E-state index in [1.807, 2.05) is 13.0 Å². The van der Waals surface area contributed by atoms with Crippen LogP contribution in [-0.4, -0.2) is 11.2 Å². The van der Waals surface area contributed by atoms with E-state index in [0.29, 0.717) is 6.04 Å². The van der Waals surface area contributed by atoms with E-state index in [0.717, 1.165) is 30.8 Å². The van der Waals surface area contributed by atoms with Crippen molar-refractivity contribution in [2.75, 3.05) is 0 Å². The summed E-state index contributed by atoms with van der Waals surface area (Å²) >= 11 is 3.53. The molecule has 1 N–H and O–H groups in total. The topological polar surface area (TPSA) is 38.1 Å². The third-order valence-electron chi connectivity index (χ3n) is 3.64. The minimum Gasteiger partial charge on any atom is -0.360 e. The van der Waals surface area contributed by atoms with Gasteiger partial charge in [0.2, 0.25) is 0 Å². The Hall–Kier alpha value is -1.13. The Labute approximate surface area is 121 Å². The van der Waals surface area contributed by atoms with Crippen LogP contribution in [0.2, 0.25) is 0 Å². The molecule has 1 aromatic carbocycles. The smallest absolute Gasteiger partial charge is 0.150 e. The van der Waals surface area contributed by atoms with E-state index in [1.54, 1.807) is 0 Å². The van der Waals surface area contributed by atoms with E-state index >= 15 is 0 Å². The van der Waals surface area contributed by atoms with E-state index in [2.05, 4.69) is 44.6 Å². The lowest BCUT2D eigenvalue weighted by Crippen LogP contribution is -2.34. The number of nitrogens with zero attached hydrogens (tertiary/aromatic N) is 1. The van der Waals surface area contributed by atoms with Crippen LogP contribution in [0.3, 0.4) is 0 Å². The maximum Gasteiger partial charge on any atom is 0.150 e. The van der Waals surface area contributed by atoms with Crippen molar-refractivity contribution in [2.45, 2.75) is 38.8 Å². The first-order valence-corrected chi connectivity index (χ1v) is 7.43. The molecule has 0 saturated carbocycles. The highest BCUT2D eigenvalue weighted by Gasteiger charge is 2.18. The summed E-state index contributed by atoms with van der Waals surface area (Å²) in [6.07, 6.45) is 3.41. The summed E-state index contributed by atoms with van der Waals surface area (Å²) in [7, 11) is 0. The summed E-state index contributed by atoms with van der Waals surface area (Å²) in [5.41, 5.74) is 3.87. The molecular weight excluding hydrogens is 304 g/mol. The normalized spacial score (nSPS) is 18.3. The van der Waals surface area contributed by atoms with E-state index in [1.165, 1.54) is 22.0 Å². The predicted octanol–water partition coefficient (Wildman–Crippen LogP) is 3.39. The van der Waals surface area contributed by atoms with Crippen molar-refractivity contribution < 1.29 is 4.52 Å². The van der Waals surface area contributed by atoms with Crippen molar-refractivity contribution >= 4 is 15.9 Å². The molecule has 0 aliphatic heterocycles. The Balaban J connectivity index is 1.61. The first-order valence-electron chi connectivity index (χ1n) is 6.63. The number of rotatable bonds is 3. The average Bonchev–Trinajstić information content (AvgIpc) is 2.82. The number of hydrogen-bond donors (Lipinski definition) is 1. The lowest BCUT2D eigenvalue weighted by molar-refractivity contribution is 0.352. The first-order chi connectivity index (χ1) is 9.20. The monoisotopic (exact) mass is 320 g/mol. The molecule has 0 spiro atoms. The largest absolute Gasteiger partial charge is 0.360 e. The maximum atomic E-state index is 5.22. The molecule has 3 rings (SSSR count). The van der Waals surface area contributed by atoms with E-state index in [-0.39, 0.29) is 0 Å². The van der Waals surface area contributed by atoms with Crippen LogP contribution in [0.1, 0.15) is 29.0 Å². The minimum atomic E-state index is 0.527. The number of fused-ring (bicyclic) bond motifs is 1. The summed E-state index contributed by atoms with van der Waals surface area (Å²) in [4.78, 5) is 0. The summed E-state index contributed by atoms with van der Waals surface area (Å²) in [5, 5.41) is 7.47. The van der Waals surface area contributed by atoms with Crippen molar-refractivity contribution in [3.63, 3.8) is 0 Å². The number of halogens is 1. The Bertz CT molecular complexity index is 579. The second-order valence-electron chi connectivity index (χ2n) is 5.17. The van der Waals surface area contributed by atoms with Crippen LogP contribution in [0.15, 0.2) is 33.3 Å². The molecule has 3 nitrogen and oxygen atoms in total. The van der Waals surface area contributed by atoms with Crippen molar-refractivity contribution in [1.29, 1.82) is 0 Å². The number of nitrogens with one attached hydrogen (secondary N) is 1. The third-order valence-corrected chi connectivity index (χ3v) is 4.13. The Morgan fingerprint density at radius 3 is 3.05 bits per heavy atom. The minimum absolute atomic E-state index is 0.527. The molecule has 4 heteroatoms. The lowest BCUT2D eigenvalue weighted by Gasteiger charge is -2.25. The van der Waals surface area contributed by atoms with Gasteiger partial charge in [-0.2, -0.15) is 0 Å². The molecule has 2 aromatic rings. The van der Waals surface area contributed by atoms with Crippen molar-refractivity contribution in [3.8, 4) is 0 Å². The molecule has 0 radical (unpaired) electrons. The Morgan fingerprint density at radius 1 is 1.37 bits per heavy atom. The number of aromatic nitrogens is 1. The number of hydrogen-bond acceptors (Lipinski definition) is 3. The summed E-state index contributed by atoms with van der Waals surface area (Å²) in [6, 6.07) is 9.11. The molecule has 0 amide bonds. The molecular formula is C15H17BrN2O. The van der Waals surface area contributed by atoms with E-state index < -0.39 is 0 Å². The SMILES string of the molecule is Cc1cc(CNC2CCc3cc(Br)ccc3C2)on1. The molecule has 1 aromatic heterocycles. The quantitative estimate of drug-likeness (QED) is 0.942. The van der Waals surface area contributed by atoms with Crippen molar-refractivity contribution in [3.05, 3.63) is 51.3 Å². The van der Waals surface area contributed by atoms with Crippen molar-refractivity contribution in [2.24, 2.45) is 0 Å². The average molecular weight is 321 g/mol. The van der Waals surface area contributed by atoms with Gasteiger partial charge in [-0.1, -0.05) is 27.2 Å². The molecule has 100 valence electrons. The van der Waals surface area contributed by atoms with Crippen LogP contribution in [0, 0.1) is 6.92 Å². The fourth-order valence-corrected chi connectivity index (χ4v) is 3.05. The van der Waals surface area contributed by atoms with Gasteiger partial charge in [-0.15, -0.1) is 0 Å². The molecule has 1 aliphatic carbocycles. The third kappa shape index (κ3) is 3.07. The standard InChI is InChI=1S/C15H17BrN2O/c1-10-6-15(19-18-10)9-17-14-5-3-11-7-13(16)4-2-12(11)8-14/h2,4,6-7,14,17H,3,5,8-9H2,1H3. The number of aryl methyl sites for hydroxylation is 2. The van der Waals surface area contributed by atoms with Gasteiger partial charge in [-0.25, -0.2) is 0 Å². The van der Waals surface area contributed by atoms with Gasteiger partial charge >= 0.3 is 0 Å². The fourth-order valence-electron chi connectivity index (χ4n) is 2.64. The summed E-state index contributed by atoms with van der Waals surface area (Å²) in [5.74, 6) is 0.916. The summed E-state index contributed by atoms with van der Waals surface area (Å²) in [6.45, 7) is 2.71. The maximum absolute atomic E-state index is 5.22. The second kappa shape index (κ2) is 5.47. The Kier molecular flexibility index (Phi) is 3.71. The van der Waals surface area contributed by atoms with Gasteiger partial charge in [0, 0.05) is 16.6 Å². The van der Waals surface area contributed by atoms with Crippen molar-refractivity contribution in [1.82, 2.24) is 10.5 Å². The van der Waals surface area contributed by atoms with Crippen LogP contribution in [0.5, 0.6) is 0 Å². The molecule has 0 fully saturated rings. The zero-order valence-electron chi connectivity index (χ0n) is 10.9. The van der Waals surface area contributed by atoms with Crippen LogP contribution in [0.25, 0.3) is 0 Å². The van der Waals surface area contributed by atoms with Crippen LogP contribution in [0.4, 0.5) is 0 Å². The number of benzene rings is 1. The highest BCUT2D eigenvalue weighted by atomic mass is 79.9. The van der Waals surface area contributed by atoms with Gasteiger partial charge in [-0.05, 0) is 49.4 Å². The highest BCUT2D eigenvalue weighted by Crippen LogP contribution is 2.25. The molecule has 0 bridgehead atoms. The zero-order valence-corrected chi connectivity index (χ0v) is 12.5. The molecule has 1 atom stereocenters. The molecule has 19 heavy (non-hydrogen) atoms. The summed E-state index contributed by atoms with van der Waals surface area (Å²) < 4.78 is 6.40. The zero-order chi connectivity index (χ0) is 13.2. The van der Waals surface area contributed by atoms with Gasteiger partial charge in [0.15, 0.2) is 5.76 Å². The van der Waals surface area contributed by atoms with E-state index in [9.17, 15) is 0 Å². The predicted molar refractivity (Wildman–Crippen MR) is 78.0 cm³/mol. The highest BCUT2D eigenvalue weighted by molar-refractivity contribution is 9.10. The van der Waals surface area contributed by atoms with Crippen LogP contribution < -0.4 is 5.32 Å². The van der Waals surface area contributed by atoms with Crippen LogP contribution >= 0.6 is 15.9 Å². The van der Waals surface area contributed by atoms with Gasteiger partial charge in [0.1, 0.15) is 0 Å². The van der Waals surface area contributed by atoms with Gasteiger partial charge in [0.05, 0.1) is 12.2 Å². The van der Waals surface area contributed by atoms with Crippen LogP contribution in [-0.2, 0) is 19.4 Å². The molecule has 1 heterocycles. The van der Waals surface area contributed by atoms with Gasteiger partial charge in [-0.3, -0.25) is 0 Å². The van der Waals surface area contributed by atoms with E-state index in [4.69, 9.17) is 4.52 Å². The van der Waals surface area contributed by atoms with Gasteiger partial charge < -0.3 is 9.84 Å². The molecule has 0 saturated heterocycles. The lowest BCUT2D eigenvalue weighted by atomic mass is 9.88. The molecule has 1 unspecified atom stereocenters. The second-order valence-corrected chi connectivity index (χ2v) is 6.08. The molecule has 1 aliphatic rings. The Morgan fingerprint density at radius 2 is 2.26 bits per heavy atom. The van der Waals surface area contributed by atoms with Gasteiger partial charge in [0.25, 0.3) is 0 Å². The fraction of sp³-hybridized carbons (Fsp3) is 0.400.